The number of aryl methyl sites for hydroxylation is 1. The molecule has 2 aromatic rings. The van der Waals surface area contributed by atoms with E-state index in [0.29, 0.717) is 17.9 Å². The largest absolute Gasteiger partial charge is 0.373 e. The number of aromatic nitrogens is 2. The predicted molar refractivity (Wildman–Crippen MR) is 87.2 cm³/mol. The van der Waals surface area contributed by atoms with Crippen molar-refractivity contribution in [2.75, 3.05) is 18.5 Å². The van der Waals surface area contributed by atoms with E-state index in [1.54, 1.807) is 19.2 Å². The summed E-state index contributed by atoms with van der Waals surface area (Å²) < 4.78 is 5.83. The number of benzene rings is 1. The Labute approximate surface area is 135 Å². The second-order valence-electron chi connectivity index (χ2n) is 5.51. The molecule has 0 radical (unpaired) electrons. The molecule has 1 aromatic carbocycles. The lowest BCUT2D eigenvalue weighted by Crippen LogP contribution is -2.31. The fourth-order valence-corrected chi connectivity index (χ4v) is 2.73. The number of carbonyl (C=O) groups excluding carboxylic acids is 1. The first-order valence-corrected chi connectivity index (χ1v) is 7.76. The summed E-state index contributed by atoms with van der Waals surface area (Å²) in [7, 11) is 0. The maximum Gasteiger partial charge on any atom is 0.319 e. The van der Waals surface area contributed by atoms with Crippen molar-refractivity contribution < 1.29 is 9.53 Å². The summed E-state index contributed by atoms with van der Waals surface area (Å²) in [5.41, 5.74) is 3.92. The van der Waals surface area contributed by atoms with Gasteiger partial charge in [0.05, 0.1) is 30.3 Å². The standard InChI is InChI=1S/C17H20N4O2/c1-12-15(6-10-19-21-12)20-17(22)18-9-7-16-14-5-3-2-4-13(14)8-11-23-16/h2-6,10,16H,7-9,11H2,1H3,(H2,18,19,20,22)/t16-/m0/s1. The molecule has 2 heterocycles. The van der Waals surface area contributed by atoms with Crippen molar-refractivity contribution in [1.29, 1.82) is 0 Å². The number of hydrogen-bond acceptors (Lipinski definition) is 4. The number of nitrogens with zero attached hydrogens (tertiary/aromatic N) is 2. The highest BCUT2D eigenvalue weighted by atomic mass is 16.5. The van der Waals surface area contributed by atoms with Crippen molar-refractivity contribution in [2.24, 2.45) is 0 Å². The van der Waals surface area contributed by atoms with E-state index in [4.69, 9.17) is 4.74 Å². The second-order valence-corrected chi connectivity index (χ2v) is 5.51. The zero-order valence-electron chi connectivity index (χ0n) is 13.1. The fraction of sp³-hybridized carbons (Fsp3) is 0.353. The molecule has 6 nitrogen and oxygen atoms in total. The number of fused-ring (bicyclic) bond motifs is 1. The first-order chi connectivity index (χ1) is 11.2. The summed E-state index contributed by atoms with van der Waals surface area (Å²) in [5, 5.41) is 13.3. The molecule has 2 amide bonds. The summed E-state index contributed by atoms with van der Waals surface area (Å²) in [4.78, 5) is 11.9. The highest BCUT2D eigenvalue weighted by Crippen LogP contribution is 2.28. The number of urea groups is 1. The number of anilines is 1. The van der Waals surface area contributed by atoms with Gasteiger partial charge in [0, 0.05) is 6.54 Å². The molecule has 0 spiro atoms. The predicted octanol–water partition coefficient (Wildman–Crippen LogP) is 2.61. The summed E-state index contributed by atoms with van der Waals surface area (Å²) in [6.45, 7) is 3.08. The first-order valence-electron chi connectivity index (χ1n) is 7.76. The van der Waals surface area contributed by atoms with Crippen LogP contribution in [0.15, 0.2) is 36.5 Å². The zero-order valence-corrected chi connectivity index (χ0v) is 13.1. The monoisotopic (exact) mass is 312 g/mol. The zero-order chi connectivity index (χ0) is 16.1. The van der Waals surface area contributed by atoms with Crippen LogP contribution < -0.4 is 10.6 Å². The molecule has 23 heavy (non-hydrogen) atoms. The maximum absolute atomic E-state index is 11.9. The van der Waals surface area contributed by atoms with Crippen LogP contribution in [0.5, 0.6) is 0 Å². The van der Waals surface area contributed by atoms with Crippen molar-refractivity contribution >= 4 is 11.7 Å². The van der Waals surface area contributed by atoms with Crippen LogP contribution >= 0.6 is 0 Å². The lowest BCUT2D eigenvalue weighted by molar-refractivity contribution is 0.0373. The molecule has 1 atom stereocenters. The van der Waals surface area contributed by atoms with E-state index >= 15 is 0 Å². The summed E-state index contributed by atoms with van der Waals surface area (Å²) in [6, 6.07) is 9.81. The van der Waals surface area contributed by atoms with Gasteiger partial charge in [-0.1, -0.05) is 24.3 Å². The topological polar surface area (TPSA) is 76.1 Å². The Morgan fingerprint density at radius 3 is 3.09 bits per heavy atom. The van der Waals surface area contributed by atoms with Gasteiger partial charge in [-0.15, -0.1) is 0 Å². The van der Waals surface area contributed by atoms with Crippen LogP contribution in [-0.4, -0.2) is 29.4 Å². The van der Waals surface area contributed by atoms with Gasteiger partial charge in [0.1, 0.15) is 0 Å². The van der Waals surface area contributed by atoms with Crippen molar-refractivity contribution in [2.45, 2.75) is 25.9 Å². The van der Waals surface area contributed by atoms with E-state index in [1.165, 1.54) is 11.1 Å². The van der Waals surface area contributed by atoms with Crippen LogP contribution in [-0.2, 0) is 11.2 Å². The molecule has 1 aliphatic heterocycles. The third-order valence-corrected chi connectivity index (χ3v) is 3.94. The third-order valence-electron chi connectivity index (χ3n) is 3.94. The van der Waals surface area contributed by atoms with Crippen molar-refractivity contribution in [1.82, 2.24) is 15.5 Å². The van der Waals surface area contributed by atoms with E-state index in [-0.39, 0.29) is 12.1 Å². The maximum atomic E-state index is 11.9. The Hall–Kier alpha value is -2.47. The lowest BCUT2D eigenvalue weighted by atomic mass is 9.96. The number of carbonyl (C=O) groups is 1. The molecule has 0 fully saturated rings. The van der Waals surface area contributed by atoms with Crippen molar-refractivity contribution in [3.8, 4) is 0 Å². The smallest absolute Gasteiger partial charge is 0.319 e. The Morgan fingerprint density at radius 2 is 2.22 bits per heavy atom. The average molecular weight is 312 g/mol. The SMILES string of the molecule is Cc1nnccc1NC(=O)NCC[C@@H]1OCCc2ccccc21. The van der Waals surface area contributed by atoms with E-state index < -0.39 is 0 Å². The number of amides is 2. The molecular weight excluding hydrogens is 292 g/mol. The van der Waals surface area contributed by atoms with Gasteiger partial charge in [0.2, 0.25) is 0 Å². The molecule has 2 N–H and O–H groups in total. The van der Waals surface area contributed by atoms with Gasteiger partial charge in [-0.2, -0.15) is 10.2 Å². The van der Waals surface area contributed by atoms with E-state index in [2.05, 4.69) is 39.0 Å². The Bertz CT molecular complexity index is 690. The average Bonchev–Trinajstić information content (AvgIpc) is 2.57. The van der Waals surface area contributed by atoms with Crippen LogP contribution in [0.3, 0.4) is 0 Å². The molecule has 3 rings (SSSR count). The Morgan fingerprint density at radius 1 is 1.35 bits per heavy atom. The molecule has 1 aromatic heterocycles. The highest BCUT2D eigenvalue weighted by molar-refractivity contribution is 5.89. The van der Waals surface area contributed by atoms with E-state index in [1.807, 2.05) is 6.07 Å². The molecule has 6 heteroatoms. The normalized spacial score (nSPS) is 16.5. The van der Waals surface area contributed by atoms with Gasteiger partial charge in [-0.25, -0.2) is 4.79 Å². The van der Waals surface area contributed by atoms with Crippen LogP contribution in [0.2, 0.25) is 0 Å². The van der Waals surface area contributed by atoms with Crippen LogP contribution in [0.4, 0.5) is 10.5 Å². The van der Waals surface area contributed by atoms with E-state index in [0.717, 1.165) is 19.4 Å². The van der Waals surface area contributed by atoms with Crippen LogP contribution in [0, 0.1) is 6.92 Å². The third kappa shape index (κ3) is 3.84. The van der Waals surface area contributed by atoms with Crippen molar-refractivity contribution in [3.63, 3.8) is 0 Å². The summed E-state index contributed by atoms with van der Waals surface area (Å²) in [5.74, 6) is 0. The van der Waals surface area contributed by atoms with Crippen LogP contribution in [0.25, 0.3) is 0 Å². The van der Waals surface area contributed by atoms with Gasteiger partial charge in [0.15, 0.2) is 0 Å². The van der Waals surface area contributed by atoms with Crippen LogP contribution in [0.1, 0.15) is 29.3 Å². The molecule has 0 unspecified atom stereocenters. The molecule has 0 saturated heterocycles. The van der Waals surface area contributed by atoms with Gasteiger partial charge in [0.25, 0.3) is 0 Å². The Kier molecular flexibility index (Phi) is 4.83. The molecule has 120 valence electrons. The highest BCUT2D eigenvalue weighted by Gasteiger charge is 2.20. The first kappa shape index (κ1) is 15.4. The van der Waals surface area contributed by atoms with Gasteiger partial charge >= 0.3 is 6.03 Å². The van der Waals surface area contributed by atoms with Gasteiger partial charge < -0.3 is 15.4 Å². The lowest BCUT2D eigenvalue weighted by Gasteiger charge is -2.26. The minimum Gasteiger partial charge on any atom is -0.373 e. The molecular formula is C17H20N4O2. The molecule has 0 aliphatic carbocycles. The minimum absolute atomic E-state index is 0.0459. The number of rotatable bonds is 4. The van der Waals surface area contributed by atoms with Crippen molar-refractivity contribution in [3.05, 3.63) is 53.3 Å². The fourth-order valence-electron chi connectivity index (χ4n) is 2.73. The summed E-state index contributed by atoms with van der Waals surface area (Å²) >= 11 is 0. The Balaban J connectivity index is 1.50. The minimum atomic E-state index is -0.245. The summed E-state index contributed by atoms with van der Waals surface area (Å²) in [6.07, 6.45) is 3.30. The number of hydrogen-bond donors (Lipinski definition) is 2. The van der Waals surface area contributed by atoms with Gasteiger partial charge in [-0.3, -0.25) is 0 Å². The number of nitrogens with one attached hydrogen (secondary N) is 2. The van der Waals surface area contributed by atoms with Gasteiger partial charge in [-0.05, 0) is 37.0 Å². The molecule has 1 aliphatic rings. The molecule has 0 saturated carbocycles. The number of ether oxygens (including phenoxy) is 1. The molecule has 0 bridgehead atoms. The second kappa shape index (κ2) is 7.19. The quantitative estimate of drug-likeness (QED) is 0.910. The van der Waals surface area contributed by atoms with E-state index in [9.17, 15) is 4.79 Å².